The van der Waals surface area contributed by atoms with Crippen LogP contribution < -0.4 is 10.1 Å². The molecule has 1 aromatic heterocycles. The fraction of sp³-hybridized carbons (Fsp3) is 0.200. The Kier molecular flexibility index (Phi) is 5.92. The van der Waals surface area contributed by atoms with Crippen molar-refractivity contribution in [2.75, 3.05) is 26.5 Å². The van der Waals surface area contributed by atoms with Crippen molar-refractivity contribution in [3.63, 3.8) is 0 Å². The Morgan fingerprint density at radius 1 is 1.10 bits per heavy atom. The lowest BCUT2D eigenvalue weighted by Crippen LogP contribution is -2.23. The first-order chi connectivity index (χ1) is 14.4. The second-order valence-corrected chi connectivity index (χ2v) is 8.84. The molecule has 0 aliphatic carbocycles. The average molecular weight is 453 g/mol. The third-order valence-electron chi connectivity index (χ3n) is 4.51. The van der Waals surface area contributed by atoms with Crippen molar-refractivity contribution in [1.29, 1.82) is 0 Å². The predicted molar refractivity (Wildman–Crippen MR) is 109 cm³/mol. The van der Waals surface area contributed by atoms with Crippen LogP contribution >= 0.6 is 0 Å². The number of pyridine rings is 1. The number of aromatic nitrogens is 1. The maximum absolute atomic E-state index is 13.1. The summed E-state index contributed by atoms with van der Waals surface area (Å²) in [6.07, 6.45) is -3.22. The second kappa shape index (κ2) is 8.16. The van der Waals surface area contributed by atoms with E-state index in [9.17, 15) is 26.4 Å². The van der Waals surface area contributed by atoms with Crippen molar-refractivity contribution in [3.05, 3.63) is 59.8 Å². The lowest BCUT2D eigenvalue weighted by atomic mass is 10.1. The van der Waals surface area contributed by atoms with Crippen LogP contribution in [0.5, 0.6) is 5.75 Å². The number of carbonyl (C=O) groups is 1. The molecule has 0 fully saturated rings. The SMILES string of the molecule is COc1ccc(S(=O)(=O)N(C)C)cc1C(=O)Nc1ccnc2ccc(C(F)(F)F)cc12. The number of methoxy groups -OCH3 is 1. The number of benzene rings is 2. The number of halogens is 3. The van der Waals surface area contributed by atoms with Gasteiger partial charge in [0.15, 0.2) is 0 Å². The molecular weight excluding hydrogens is 435 g/mol. The topological polar surface area (TPSA) is 88.6 Å². The molecule has 0 atom stereocenters. The quantitative estimate of drug-likeness (QED) is 0.636. The van der Waals surface area contributed by atoms with Crippen LogP contribution in [0, 0.1) is 0 Å². The van der Waals surface area contributed by atoms with Gasteiger partial charge in [-0.3, -0.25) is 9.78 Å². The largest absolute Gasteiger partial charge is 0.496 e. The van der Waals surface area contributed by atoms with E-state index in [0.29, 0.717) is 0 Å². The molecule has 1 N–H and O–H groups in total. The number of ether oxygens (including phenoxy) is 1. The van der Waals surface area contributed by atoms with Gasteiger partial charge < -0.3 is 10.1 Å². The van der Waals surface area contributed by atoms with Crippen molar-refractivity contribution >= 4 is 32.5 Å². The number of hydrogen-bond acceptors (Lipinski definition) is 5. The molecule has 0 radical (unpaired) electrons. The molecule has 164 valence electrons. The van der Waals surface area contributed by atoms with Gasteiger partial charge in [0.25, 0.3) is 5.91 Å². The van der Waals surface area contributed by atoms with Crippen LogP contribution in [0.3, 0.4) is 0 Å². The fourth-order valence-corrected chi connectivity index (χ4v) is 3.79. The molecule has 11 heteroatoms. The summed E-state index contributed by atoms with van der Waals surface area (Å²) in [6, 6.07) is 8.13. The molecule has 0 saturated carbocycles. The number of nitrogens with zero attached hydrogens (tertiary/aromatic N) is 2. The number of hydrogen-bond donors (Lipinski definition) is 1. The van der Waals surface area contributed by atoms with Crippen molar-refractivity contribution in [3.8, 4) is 5.75 Å². The highest BCUT2D eigenvalue weighted by molar-refractivity contribution is 7.89. The fourth-order valence-electron chi connectivity index (χ4n) is 2.86. The lowest BCUT2D eigenvalue weighted by molar-refractivity contribution is -0.137. The van der Waals surface area contributed by atoms with Gasteiger partial charge in [-0.2, -0.15) is 13.2 Å². The Hall–Kier alpha value is -3.18. The van der Waals surface area contributed by atoms with E-state index in [1.807, 2.05) is 0 Å². The highest BCUT2D eigenvalue weighted by Crippen LogP contribution is 2.33. The summed E-state index contributed by atoms with van der Waals surface area (Å²) in [7, 11) is 0.180. The standard InChI is InChI=1S/C20H18F3N3O4S/c1-26(2)31(28,29)13-5-7-18(30-3)15(11-13)19(27)25-17-8-9-24-16-6-4-12(10-14(16)17)20(21,22)23/h4-11H,1-3H3,(H,24,25,27). The maximum atomic E-state index is 13.1. The number of sulfonamides is 1. The lowest BCUT2D eigenvalue weighted by Gasteiger charge is -2.15. The van der Waals surface area contributed by atoms with Gasteiger partial charge in [0.2, 0.25) is 10.0 Å². The number of rotatable bonds is 5. The van der Waals surface area contributed by atoms with Crippen LogP contribution in [0.4, 0.5) is 18.9 Å². The zero-order chi connectivity index (χ0) is 23.0. The summed E-state index contributed by atoms with van der Waals surface area (Å²) in [5, 5.41) is 2.61. The first-order valence-electron chi connectivity index (χ1n) is 8.83. The van der Waals surface area contributed by atoms with E-state index in [1.54, 1.807) is 0 Å². The smallest absolute Gasteiger partial charge is 0.416 e. The minimum Gasteiger partial charge on any atom is -0.496 e. The first-order valence-corrected chi connectivity index (χ1v) is 10.3. The van der Waals surface area contributed by atoms with Crippen LogP contribution in [-0.2, 0) is 16.2 Å². The van der Waals surface area contributed by atoms with Crippen LogP contribution in [0.1, 0.15) is 15.9 Å². The van der Waals surface area contributed by atoms with Gasteiger partial charge in [-0.1, -0.05) is 0 Å². The van der Waals surface area contributed by atoms with Crippen molar-refractivity contribution in [2.24, 2.45) is 0 Å². The van der Waals surface area contributed by atoms with Crippen LogP contribution in [0.25, 0.3) is 10.9 Å². The molecule has 0 aliphatic heterocycles. The average Bonchev–Trinajstić information content (AvgIpc) is 2.72. The number of anilines is 1. The molecule has 3 rings (SSSR count). The molecule has 0 bridgehead atoms. The minimum atomic E-state index is -4.57. The van der Waals surface area contributed by atoms with E-state index in [1.165, 1.54) is 51.7 Å². The maximum Gasteiger partial charge on any atom is 0.416 e. The third-order valence-corrected chi connectivity index (χ3v) is 6.32. The summed E-state index contributed by atoms with van der Waals surface area (Å²) >= 11 is 0. The summed E-state index contributed by atoms with van der Waals surface area (Å²) in [5.41, 5.74) is -0.645. The molecule has 0 aliphatic rings. The highest BCUT2D eigenvalue weighted by Gasteiger charge is 2.31. The minimum absolute atomic E-state index is 0.0849. The molecule has 7 nitrogen and oxygen atoms in total. The van der Waals surface area contributed by atoms with Gasteiger partial charge in [0.1, 0.15) is 5.75 Å². The Labute approximate surface area is 176 Å². The van der Waals surface area contributed by atoms with E-state index in [-0.39, 0.29) is 32.8 Å². The molecule has 1 amide bonds. The Balaban J connectivity index is 2.06. The van der Waals surface area contributed by atoms with Crippen LogP contribution in [0.15, 0.2) is 53.6 Å². The van der Waals surface area contributed by atoms with Crippen LogP contribution in [0.2, 0.25) is 0 Å². The predicted octanol–water partition coefficient (Wildman–Crippen LogP) is 3.76. The van der Waals surface area contributed by atoms with Gasteiger partial charge in [-0.05, 0) is 42.5 Å². The molecule has 0 spiro atoms. The number of alkyl halides is 3. The summed E-state index contributed by atoms with van der Waals surface area (Å²) in [5.74, 6) is -0.651. The third kappa shape index (κ3) is 4.47. The van der Waals surface area contributed by atoms with Gasteiger partial charge in [-0.15, -0.1) is 0 Å². The number of amides is 1. The van der Waals surface area contributed by atoms with Crippen molar-refractivity contribution in [2.45, 2.75) is 11.1 Å². The van der Waals surface area contributed by atoms with Gasteiger partial charge in [-0.25, -0.2) is 12.7 Å². The number of carbonyl (C=O) groups excluding carboxylic acids is 1. The molecule has 1 heterocycles. The normalized spacial score (nSPS) is 12.2. The monoisotopic (exact) mass is 453 g/mol. The Bertz CT molecular complexity index is 1260. The first kappa shape index (κ1) is 22.5. The van der Waals surface area contributed by atoms with E-state index < -0.39 is 27.7 Å². The molecule has 0 unspecified atom stereocenters. The van der Waals surface area contributed by atoms with E-state index in [0.717, 1.165) is 22.5 Å². The summed E-state index contributed by atoms with van der Waals surface area (Å²) in [4.78, 5) is 16.8. The van der Waals surface area contributed by atoms with E-state index in [2.05, 4.69) is 10.3 Å². The zero-order valence-electron chi connectivity index (χ0n) is 16.7. The number of nitrogens with one attached hydrogen (secondary N) is 1. The zero-order valence-corrected chi connectivity index (χ0v) is 17.5. The summed E-state index contributed by atoms with van der Waals surface area (Å²) < 4.78 is 70.3. The van der Waals surface area contributed by atoms with Gasteiger partial charge in [0.05, 0.1) is 34.3 Å². The molecule has 0 saturated heterocycles. The Morgan fingerprint density at radius 3 is 2.42 bits per heavy atom. The number of fused-ring (bicyclic) bond motifs is 1. The van der Waals surface area contributed by atoms with Crippen LogP contribution in [-0.4, -0.2) is 44.8 Å². The highest BCUT2D eigenvalue weighted by atomic mass is 32.2. The second-order valence-electron chi connectivity index (χ2n) is 6.69. The molecule has 2 aromatic carbocycles. The van der Waals surface area contributed by atoms with Gasteiger partial charge >= 0.3 is 6.18 Å². The van der Waals surface area contributed by atoms with Gasteiger partial charge in [0, 0.05) is 25.7 Å². The Morgan fingerprint density at radius 2 is 1.81 bits per heavy atom. The van der Waals surface area contributed by atoms with Crippen molar-refractivity contribution < 1.29 is 31.1 Å². The van der Waals surface area contributed by atoms with E-state index in [4.69, 9.17) is 4.74 Å². The summed E-state index contributed by atoms with van der Waals surface area (Å²) in [6.45, 7) is 0. The van der Waals surface area contributed by atoms with E-state index >= 15 is 0 Å². The molecule has 3 aromatic rings. The molecular formula is C20H18F3N3O4S. The van der Waals surface area contributed by atoms with Crippen molar-refractivity contribution in [1.82, 2.24) is 9.29 Å². The molecule has 31 heavy (non-hydrogen) atoms.